The van der Waals surface area contributed by atoms with Crippen molar-refractivity contribution in [3.63, 3.8) is 0 Å². The van der Waals surface area contributed by atoms with Crippen molar-refractivity contribution in [3.05, 3.63) is 75.0 Å². The molecule has 5 nitrogen and oxygen atoms in total. The van der Waals surface area contributed by atoms with Crippen molar-refractivity contribution in [2.75, 3.05) is 13.7 Å². The van der Waals surface area contributed by atoms with E-state index in [1.807, 2.05) is 19.9 Å². The number of carbonyl (C=O) groups is 2. The molecule has 0 spiro atoms. The maximum Gasteiger partial charge on any atom is 0.307 e. The van der Waals surface area contributed by atoms with E-state index in [4.69, 9.17) is 4.74 Å². The molecule has 1 amide bonds. The highest BCUT2D eigenvalue weighted by molar-refractivity contribution is 7.14. The zero-order chi connectivity index (χ0) is 26.7. The molecule has 1 N–H and O–H groups in total. The topological polar surface area (TPSA) is 64.6 Å². The van der Waals surface area contributed by atoms with Gasteiger partial charge in [-0.25, -0.2) is 0 Å². The van der Waals surface area contributed by atoms with E-state index in [9.17, 15) is 9.59 Å². The third kappa shape index (κ3) is 6.55. The number of aryl methyl sites for hydroxylation is 2. The molecule has 0 aliphatic rings. The van der Waals surface area contributed by atoms with Crippen molar-refractivity contribution in [3.8, 4) is 16.9 Å². The van der Waals surface area contributed by atoms with E-state index in [0.29, 0.717) is 4.88 Å². The maximum atomic E-state index is 12.5. The molecule has 36 heavy (non-hydrogen) atoms. The SMILES string of the molecule is COC(=O)CCNC(=O)c1ccc(C(C)(C)Oc2cc(C)c(-c3ccc(C(C)(C)C)cc3)c(C)c2)s1. The summed E-state index contributed by atoms with van der Waals surface area (Å²) in [4.78, 5) is 25.2. The van der Waals surface area contributed by atoms with E-state index in [-0.39, 0.29) is 30.3 Å². The molecule has 192 valence electrons. The number of benzene rings is 2. The minimum atomic E-state index is -0.621. The highest BCUT2D eigenvalue weighted by atomic mass is 32.1. The lowest BCUT2D eigenvalue weighted by molar-refractivity contribution is -0.140. The van der Waals surface area contributed by atoms with Gasteiger partial charge >= 0.3 is 5.97 Å². The first-order chi connectivity index (χ1) is 16.8. The number of nitrogens with one attached hydrogen (secondary N) is 1. The molecule has 0 bridgehead atoms. The van der Waals surface area contributed by atoms with Crippen molar-refractivity contribution in [2.24, 2.45) is 0 Å². The van der Waals surface area contributed by atoms with Crippen molar-refractivity contribution in [2.45, 2.75) is 65.9 Å². The van der Waals surface area contributed by atoms with Crippen molar-refractivity contribution in [1.29, 1.82) is 0 Å². The average Bonchev–Trinajstić information content (AvgIpc) is 3.29. The van der Waals surface area contributed by atoms with Gasteiger partial charge in [-0.3, -0.25) is 9.59 Å². The van der Waals surface area contributed by atoms with Gasteiger partial charge in [0.1, 0.15) is 11.4 Å². The molecule has 0 saturated carbocycles. The van der Waals surface area contributed by atoms with Crippen LogP contribution in [0.25, 0.3) is 11.1 Å². The van der Waals surface area contributed by atoms with Gasteiger partial charge in [-0.1, -0.05) is 45.0 Å². The number of ether oxygens (including phenoxy) is 2. The zero-order valence-corrected chi connectivity index (χ0v) is 23.4. The number of hydrogen-bond acceptors (Lipinski definition) is 5. The smallest absolute Gasteiger partial charge is 0.307 e. The molecule has 6 heteroatoms. The van der Waals surface area contributed by atoms with E-state index in [1.54, 1.807) is 6.07 Å². The van der Waals surface area contributed by atoms with Crippen molar-refractivity contribution < 1.29 is 19.1 Å². The molecule has 0 saturated heterocycles. The predicted molar refractivity (Wildman–Crippen MR) is 147 cm³/mol. The van der Waals surface area contributed by atoms with Crippen LogP contribution in [-0.4, -0.2) is 25.5 Å². The van der Waals surface area contributed by atoms with Crippen molar-refractivity contribution in [1.82, 2.24) is 5.32 Å². The summed E-state index contributed by atoms with van der Waals surface area (Å²) in [5, 5.41) is 2.76. The van der Waals surface area contributed by atoms with Gasteiger partial charge in [0, 0.05) is 11.4 Å². The summed E-state index contributed by atoms with van der Waals surface area (Å²) >= 11 is 1.39. The largest absolute Gasteiger partial charge is 0.482 e. The van der Waals surface area contributed by atoms with Crippen LogP contribution in [0, 0.1) is 13.8 Å². The Morgan fingerprint density at radius 1 is 0.917 bits per heavy atom. The van der Waals surface area contributed by atoms with Gasteiger partial charge in [-0.2, -0.15) is 0 Å². The van der Waals surface area contributed by atoms with Crippen LogP contribution in [0.5, 0.6) is 5.75 Å². The lowest BCUT2D eigenvalue weighted by atomic mass is 9.85. The Labute approximate surface area is 218 Å². The Balaban J connectivity index is 1.75. The van der Waals surface area contributed by atoms with E-state index in [0.717, 1.165) is 21.8 Å². The first-order valence-electron chi connectivity index (χ1n) is 12.2. The third-order valence-corrected chi connectivity index (χ3v) is 7.57. The second-order valence-electron chi connectivity index (χ2n) is 10.6. The fraction of sp³-hybridized carbons (Fsp3) is 0.400. The number of carbonyl (C=O) groups excluding carboxylic acids is 2. The number of esters is 1. The van der Waals surface area contributed by atoms with Gasteiger partial charge in [-0.15, -0.1) is 11.3 Å². The van der Waals surface area contributed by atoms with Crippen LogP contribution >= 0.6 is 11.3 Å². The molecule has 0 aliphatic carbocycles. The monoisotopic (exact) mass is 507 g/mol. The first kappa shape index (κ1) is 27.5. The number of amides is 1. The van der Waals surface area contributed by atoms with Gasteiger partial charge in [0.15, 0.2) is 0 Å². The molecule has 1 heterocycles. The molecule has 0 unspecified atom stereocenters. The second kappa shape index (κ2) is 10.9. The van der Waals surface area contributed by atoms with Crippen molar-refractivity contribution >= 4 is 23.2 Å². The van der Waals surface area contributed by atoms with Crippen LogP contribution in [0.3, 0.4) is 0 Å². The van der Waals surface area contributed by atoms with E-state index in [2.05, 4.69) is 81.1 Å². The Morgan fingerprint density at radius 3 is 2.08 bits per heavy atom. The average molecular weight is 508 g/mol. The molecule has 0 radical (unpaired) electrons. The maximum absolute atomic E-state index is 12.5. The molecule has 0 fully saturated rings. The fourth-order valence-corrected chi connectivity index (χ4v) is 5.13. The molecule has 0 atom stereocenters. The quantitative estimate of drug-likeness (QED) is 0.336. The van der Waals surface area contributed by atoms with Crippen LogP contribution in [0.1, 0.15) is 72.3 Å². The van der Waals surface area contributed by atoms with Crippen LogP contribution in [0.15, 0.2) is 48.5 Å². The molecule has 1 aromatic heterocycles. The number of thiophene rings is 1. The molecule has 3 rings (SSSR count). The summed E-state index contributed by atoms with van der Waals surface area (Å²) in [5.41, 5.74) is 5.55. The highest BCUT2D eigenvalue weighted by Crippen LogP contribution is 2.37. The Kier molecular flexibility index (Phi) is 8.29. The summed E-state index contributed by atoms with van der Waals surface area (Å²) in [6.45, 7) is 15.1. The highest BCUT2D eigenvalue weighted by Gasteiger charge is 2.27. The predicted octanol–water partition coefficient (Wildman–Crippen LogP) is 6.94. The van der Waals surface area contributed by atoms with E-state index < -0.39 is 5.60 Å². The van der Waals surface area contributed by atoms with Crippen LogP contribution in [0.4, 0.5) is 0 Å². The number of rotatable bonds is 8. The fourth-order valence-electron chi connectivity index (χ4n) is 4.17. The molecular formula is C30H37NO4S. The molecule has 2 aromatic carbocycles. The second-order valence-corrected chi connectivity index (χ2v) is 11.7. The summed E-state index contributed by atoms with van der Waals surface area (Å²) in [6.07, 6.45) is 0.143. The molecule has 0 aliphatic heterocycles. The van der Waals surface area contributed by atoms with Gasteiger partial charge < -0.3 is 14.8 Å². The zero-order valence-electron chi connectivity index (χ0n) is 22.6. The number of methoxy groups -OCH3 is 1. The minimum absolute atomic E-state index is 0.122. The molecular weight excluding hydrogens is 470 g/mol. The third-order valence-electron chi connectivity index (χ3n) is 6.18. The normalized spacial score (nSPS) is 11.8. The number of hydrogen-bond donors (Lipinski definition) is 1. The summed E-state index contributed by atoms with van der Waals surface area (Å²) in [7, 11) is 1.33. The summed E-state index contributed by atoms with van der Waals surface area (Å²) in [6, 6.07) is 16.7. The molecule has 3 aromatic rings. The summed E-state index contributed by atoms with van der Waals surface area (Å²) < 4.78 is 11.0. The Hall–Kier alpha value is -3.12. The minimum Gasteiger partial charge on any atom is -0.482 e. The van der Waals surface area contributed by atoms with E-state index in [1.165, 1.54) is 35.1 Å². The van der Waals surface area contributed by atoms with Gasteiger partial charge in [0.2, 0.25) is 0 Å². The van der Waals surface area contributed by atoms with Gasteiger partial charge in [0.25, 0.3) is 5.91 Å². The first-order valence-corrected chi connectivity index (χ1v) is 13.0. The van der Waals surface area contributed by atoms with Gasteiger partial charge in [-0.05, 0) is 85.2 Å². The lowest BCUT2D eigenvalue weighted by Crippen LogP contribution is -2.26. The Bertz CT molecular complexity index is 1210. The Morgan fingerprint density at radius 2 is 1.53 bits per heavy atom. The van der Waals surface area contributed by atoms with Crippen LogP contribution in [0.2, 0.25) is 0 Å². The van der Waals surface area contributed by atoms with E-state index >= 15 is 0 Å². The lowest BCUT2D eigenvalue weighted by Gasteiger charge is -2.26. The van der Waals surface area contributed by atoms with Crippen LogP contribution in [-0.2, 0) is 20.5 Å². The standard InChI is InChI=1S/C30H37NO4S/c1-19-17-23(18-20(2)27(19)21-9-11-22(12-10-21)29(3,4)5)35-30(6,7)25-14-13-24(36-25)28(33)31-16-15-26(32)34-8/h9-14,17-18H,15-16H2,1-8H3,(H,31,33). The van der Waals surface area contributed by atoms with Gasteiger partial charge in [0.05, 0.1) is 18.4 Å². The summed E-state index contributed by atoms with van der Waals surface area (Å²) in [5.74, 6) is 0.234. The van der Waals surface area contributed by atoms with Crippen LogP contribution < -0.4 is 10.1 Å².